The molecule has 0 aliphatic rings. The Morgan fingerprint density at radius 1 is 1.00 bits per heavy atom. The summed E-state index contributed by atoms with van der Waals surface area (Å²) in [6.45, 7) is 0.559. The number of amides is 1. The van der Waals surface area contributed by atoms with Crippen LogP contribution in [0.1, 0.15) is 11.1 Å². The van der Waals surface area contributed by atoms with Gasteiger partial charge in [0.1, 0.15) is 18.9 Å². The number of rotatable bonds is 12. The zero-order valence-corrected chi connectivity index (χ0v) is 21.2. The van der Waals surface area contributed by atoms with Crippen LogP contribution in [0.3, 0.4) is 0 Å². The van der Waals surface area contributed by atoms with Crippen molar-refractivity contribution in [3.8, 4) is 5.75 Å². The number of benzene rings is 3. The van der Waals surface area contributed by atoms with Gasteiger partial charge in [-0.05, 0) is 47.5 Å². The van der Waals surface area contributed by atoms with E-state index in [9.17, 15) is 13.2 Å². The van der Waals surface area contributed by atoms with Crippen molar-refractivity contribution in [3.63, 3.8) is 0 Å². The maximum atomic E-state index is 12.4. The number of carbonyl (C=O) groups excluding carboxylic acids is 1. The Hall–Kier alpha value is -2.68. The smallest absolute Gasteiger partial charge is 0.240 e. The molecule has 6 nitrogen and oxygen atoms in total. The van der Waals surface area contributed by atoms with E-state index in [0.717, 1.165) is 27.4 Å². The minimum Gasteiger partial charge on any atom is -0.489 e. The van der Waals surface area contributed by atoms with Crippen molar-refractivity contribution in [3.05, 3.63) is 95.0 Å². The van der Waals surface area contributed by atoms with E-state index in [0.29, 0.717) is 35.4 Å². The predicted molar refractivity (Wildman–Crippen MR) is 140 cm³/mol. The molecule has 3 aromatic rings. The lowest BCUT2D eigenvalue weighted by Gasteiger charge is -2.22. The molecular weight excluding hydrogens is 492 g/mol. The second kappa shape index (κ2) is 12.7. The molecule has 0 saturated heterocycles. The van der Waals surface area contributed by atoms with Crippen LogP contribution in [0.2, 0.25) is 5.02 Å². The SMILES string of the molecule is CS(=O)(=O)N(CC(=O)NCCSCc1cccc(Cl)c1)c1ccc(OCc2ccccc2)cc1. The number of anilines is 1. The number of hydrogen-bond donors (Lipinski definition) is 1. The number of carbonyl (C=O) groups is 1. The van der Waals surface area contributed by atoms with Gasteiger partial charge in [-0.1, -0.05) is 54.1 Å². The van der Waals surface area contributed by atoms with Gasteiger partial charge in [0, 0.05) is 23.1 Å². The van der Waals surface area contributed by atoms with Crippen molar-refractivity contribution in [1.82, 2.24) is 5.32 Å². The van der Waals surface area contributed by atoms with Crippen LogP contribution in [0.15, 0.2) is 78.9 Å². The molecule has 0 unspecified atom stereocenters. The summed E-state index contributed by atoms with van der Waals surface area (Å²) in [5.74, 6) is 1.73. The zero-order valence-electron chi connectivity index (χ0n) is 18.8. The fourth-order valence-corrected chi connectivity index (χ4v) is 4.99. The third-order valence-corrected chi connectivity index (χ3v) is 7.19. The summed E-state index contributed by atoms with van der Waals surface area (Å²) in [6.07, 6.45) is 1.08. The summed E-state index contributed by atoms with van der Waals surface area (Å²) in [5, 5.41) is 3.48. The maximum absolute atomic E-state index is 12.4. The van der Waals surface area contributed by atoms with Gasteiger partial charge in [-0.25, -0.2) is 8.42 Å². The molecular formula is C25H27ClN2O4S2. The molecule has 0 heterocycles. The first kappa shape index (κ1) is 25.9. The predicted octanol–water partition coefficient (Wildman–Crippen LogP) is 4.73. The number of hydrogen-bond acceptors (Lipinski definition) is 5. The number of nitrogens with one attached hydrogen (secondary N) is 1. The summed E-state index contributed by atoms with van der Waals surface area (Å²) in [7, 11) is -3.64. The molecule has 0 bridgehead atoms. The van der Waals surface area contributed by atoms with E-state index in [1.807, 2.05) is 54.6 Å². The van der Waals surface area contributed by atoms with Crippen molar-refractivity contribution in [2.45, 2.75) is 12.4 Å². The number of nitrogens with zero attached hydrogens (tertiary/aromatic N) is 1. The van der Waals surface area contributed by atoms with Crippen LogP contribution in [0.5, 0.6) is 5.75 Å². The second-order valence-electron chi connectivity index (χ2n) is 7.57. The second-order valence-corrected chi connectivity index (χ2v) is 11.0. The highest BCUT2D eigenvalue weighted by molar-refractivity contribution is 7.98. The molecule has 9 heteroatoms. The van der Waals surface area contributed by atoms with Crippen LogP contribution in [0, 0.1) is 0 Å². The molecule has 0 fully saturated rings. The van der Waals surface area contributed by atoms with E-state index in [1.165, 1.54) is 0 Å². The molecule has 1 amide bonds. The van der Waals surface area contributed by atoms with Gasteiger partial charge >= 0.3 is 0 Å². The van der Waals surface area contributed by atoms with Crippen molar-refractivity contribution in [1.29, 1.82) is 0 Å². The average molecular weight is 519 g/mol. The van der Waals surface area contributed by atoms with E-state index in [1.54, 1.807) is 36.0 Å². The molecule has 1 N–H and O–H groups in total. The Balaban J connectivity index is 1.48. The summed E-state index contributed by atoms with van der Waals surface area (Å²) >= 11 is 7.65. The minimum absolute atomic E-state index is 0.290. The Kier molecular flexibility index (Phi) is 9.68. The Bertz CT molecular complexity index is 1170. The monoisotopic (exact) mass is 518 g/mol. The van der Waals surface area contributed by atoms with Gasteiger partial charge in [0.15, 0.2) is 0 Å². The van der Waals surface area contributed by atoms with E-state index in [2.05, 4.69) is 5.32 Å². The normalized spacial score (nSPS) is 11.1. The molecule has 3 aromatic carbocycles. The topological polar surface area (TPSA) is 75.7 Å². The highest BCUT2D eigenvalue weighted by Crippen LogP contribution is 2.22. The van der Waals surface area contributed by atoms with Crippen LogP contribution in [-0.2, 0) is 27.2 Å². The molecule has 0 spiro atoms. The first-order chi connectivity index (χ1) is 16.3. The van der Waals surface area contributed by atoms with Crippen LogP contribution in [0.25, 0.3) is 0 Å². The first-order valence-corrected chi connectivity index (χ1v) is 14.0. The lowest BCUT2D eigenvalue weighted by atomic mass is 10.2. The van der Waals surface area contributed by atoms with Gasteiger partial charge in [0.25, 0.3) is 0 Å². The number of sulfonamides is 1. The zero-order chi connectivity index (χ0) is 24.4. The molecule has 34 heavy (non-hydrogen) atoms. The Labute approximate surface area is 210 Å². The Morgan fingerprint density at radius 3 is 2.38 bits per heavy atom. The van der Waals surface area contributed by atoms with Gasteiger partial charge in [0.2, 0.25) is 15.9 Å². The molecule has 0 aliphatic carbocycles. The number of halogens is 1. The molecule has 0 aromatic heterocycles. The number of thioether (sulfide) groups is 1. The summed E-state index contributed by atoms with van der Waals surface area (Å²) in [5.41, 5.74) is 2.55. The fourth-order valence-electron chi connectivity index (χ4n) is 3.12. The van der Waals surface area contributed by atoms with E-state index in [4.69, 9.17) is 16.3 Å². The van der Waals surface area contributed by atoms with Crippen LogP contribution in [0.4, 0.5) is 5.69 Å². The molecule has 0 radical (unpaired) electrons. The lowest BCUT2D eigenvalue weighted by molar-refractivity contribution is -0.119. The van der Waals surface area contributed by atoms with E-state index < -0.39 is 10.0 Å². The number of ether oxygens (including phenoxy) is 1. The largest absolute Gasteiger partial charge is 0.489 e. The van der Waals surface area contributed by atoms with Crippen molar-refractivity contribution in [2.24, 2.45) is 0 Å². The molecule has 0 aliphatic heterocycles. The van der Waals surface area contributed by atoms with Gasteiger partial charge < -0.3 is 10.1 Å². The summed E-state index contributed by atoms with van der Waals surface area (Å²) < 4.78 is 31.5. The summed E-state index contributed by atoms with van der Waals surface area (Å²) in [6, 6.07) is 24.1. The van der Waals surface area contributed by atoms with Gasteiger partial charge in [-0.15, -0.1) is 0 Å². The third kappa shape index (κ3) is 8.59. The Morgan fingerprint density at radius 2 is 1.71 bits per heavy atom. The molecule has 3 rings (SSSR count). The highest BCUT2D eigenvalue weighted by atomic mass is 35.5. The van der Waals surface area contributed by atoms with E-state index in [-0.39, 0.29) is 12.5 Å². The minimum atomic E-state index is -3.64. The van der Waals surface area contributed by atoms with Gasteiger partial charge in [-0.2, -0.15) is 11.8 Å². The average Bonchev–Trinajstić information content (AvgIpc) is 2.81. The quantitative estimate of drug-likeness (QED) is 0.351. The van der Waals surface area contributed by atoms with E-state index >= 15 is 0 Å². The molecule has 0 atom stereocenters. The first-order valence-electron chi connectivity index (χ1n) is 10.6. The van der Waals surface area contributed by atoms with Gasteiger partial charge in [0.05, 0.1) is 11.9 Å². The van der Waals surface area contributed by atoms with Crippen molar-refractivity contribution >= 4 is 45.0 Å². The molecule has 0 saturated carbocycles. The van der Waals surface area contributed by atoms with Crippen LogP contribution in [-0.4, -0.2) is 39.4 Å². The maximum Gasteiger partial charge on any atom is 0.240 e. The van der Waals surface area contributed by atoms with Crippen molar-refractivity contribution < 1.29 is 17.9 Å². The lowest BCUT2D eigenvalue weighted by Crippen LogP contribution is -2.41. The molecule has 180 valence electrons. The highest BCUT2D eigenvalue weighted by Gasteiger charge is 2.20. The third-order valence-electron chi connectivity index (χ3n) is 4.79. The van der Waals surface area contributed by atoms with Crippen LogP contribution >= 0.6 is 23.4 Å². The standard InChI is InChI=1S/C25H27ClN2O4S2/c1-34(30,31)28(17-25(29)27-14-15-33-19-21-8-5-9-22(26)16-21)23-10-12-24(13-11-23)32-18-20-6-3-2-4-7-20/h2-13,16H,14-15,17-19H2,1H3,(H,27,29). The summed E-state index contributed by atoms with van der Waals surface area (Å²) in [4.78, 5) is 12.4. The van der Waals surface area contributed by atoms with Crippen LogP contribution < -0.4 is 14.4 Å². The van der Waals surface area contributed by atoms with Gasteiger partial charge in [-0.3, -0.25) is 9.10 Å². The fraction of sp³-hybridized carbons (Fsp3) is 0.240. The van der Waals surface area contributed by atoms with Crippen molar-refractivity contribution in [2.75, 3.05) is 29.4 Å².